The first kappa shape index (κ1) is 26.7. The highest BCUT2D eigenvalue weighted by molar-refractivity contribution is 8.15. The molecule has 0 N–H and O–H groups in total. The van der Waals surface area contributed by atoms with Gasteiger partial charge in [-0.3, -0.25) is 19.4 Å². The number of carbonyl (C=O) groups excluding carboxylic acids is 3. The number of aryl methyl sites for hydroxylation is 1. The summed E-state index contributed by atoms with van der Waals surface area (Å²) in [6.45, 7) is 7.88. The van der Waals surface area contributed by atoms with Crippen LogP contribution in [0, 0.1) is 5.41 Å². The number of hydrogen-bond donors (Lipinski definition) is 0. The number of ether oxygens (including phenoxy) is 2. The standard InChI is InChI=1S/C27H34N2O5S/c1-5-14-27(3,4)25(31)34-18-29-24(30)23(35-26(29)32)16-20-8-11-22(12-9-20)33-15-13-21-10-7-19(6-2)17-28-21/h7-12,17,23H,5-6,13-16,18H2,1-4H3. The number of nitrogens with zero attached hydrogens (tertiary/aromatic N) is 2. The Hall–Kier alpha value is -2.87. The fourth-order valence-electron chi connectivity index (χ4n) is 3.81. The number of carbonyl (C=O) groups is 3. The molecule has 8 heteroatoms. The zero-order valence-electron chi connectivity index (χ0n) is 20.9. The summed E-state index contributed by atoms with van der Waals surface area (Å²) in [6, 6.07) is 11.6. The molecule has 0 saturated carbocycles. The van der Waals surface area contributed by atoms with Crippen molar-refractivity contribution in [3.05, 3.63) is 59.4 Å². The van der Waals surface area contributed by atoms with Gasteiger partial charge in [-0.05, 0) is 62.4 Å². The predicted octanol–water partition coefficient (Wildman–Crippen LogP) is 5.20. The lowest BCUT2D eigenvalue weighted by atomic mass is 9.88. The van der Waals surface area contributed by atoms with Crippen LogP contribution in [0.2, 0.25) is 0 Å². The summed E-state index contributed by atoms with van der Waals surface area (Å²) < 4.78 is 11.1. The van der Waals surface area contributed by atoms with Crippen molar-refractivity contribution in [3.63, 3.8) is 0 Å². The van der Waals surface area contributed by atoms with E-state index in [1.165, 1.54) is 5.56 Å². The Balaban J connectivity index is 1.47. The van der Waals surface area contributed by atoms with Gasteiger partial charge < -0.3 is 9.47 Å². The maximum absolute atomic E-state index is 12.8. The van der Waals surface area contributed by atoms with Crippen molar-refractivity contribution in [2.45, 2.75) is 65.0 Å². The Bertz CT molecular complexity index is 1020. The molecule has 1 aliphatic heterocycles. The maximum atomic E-state index is 12.8. The van der Waals surface area contributed by atoms with E-state index in [1.54, 1.807) is 13.8 Å². The quantitative estimate of drug-likeness (QED) is 0.372. The second-order valence-corrected chi connectivity index (χ2v) is 10.4. The predicted molar refractivity (Wildman–Crippen MR) is 136 cm³/mol. The first-order valence-electron chi connectivity index (χ1n) is 12.1. The molecule has 188 valence electrons. The van der Waals surface area contributed by atoms with Gasteiger partial charge in [-0.15, -0.1) is 0 Å². The minimum atomic E-state index is -0.646. The average molecular weight is 499 g/mol. The average Bonchev–Trinajstić information content (AvgIpc) is 3.11. The third-order valence-corrected chi connectivity index (χ3v) is 7.10. The summed E-state index contributed by atoms with van der Waals surface area (Å²) in [5, 5.41) is -0.921. The fraction of sp³-hybridized carbons (Fsp3) is 0.481. The van der Waals surface area contributed by atoms with E-state index in [0.717, 1.165) is 52.9 Å². The second-order valence-electron chi connectivity index (χ2n) is 9.29. The molecule has 1 aromatic carbocycles. The van der Waals surface area contributed by atoms with Crippen molar-refractivity contribution in [2.24, 2.45) is 5.41 Å². The highest BCUT2D eigenvalue weighted by Crippen LogP contribution is 2.31. The molecule has 3 rings (SSSR count). The Kier molecular flexibility index (Phi) is 9.32. The van der Waals surface area contributed by atoms with Gasteiger partial charge in [0.2, 0.25) is 5.91 Å². The number of thioether (sulfide) groups is 1. The lowest BCUT2D eigenvalue weighted by Gasteiger charge is -2.23. The van der Waals surface area contributed by atoms with Gasteiger partial charge in [0.25, 0.3) is 5.24 Å². The summed E-state index contributed by atoms with van der Waals surface area (Å²) in [5.74, 6) is 0.00407. The van der Waals surface area contributed by atoms with E-state index in [0.29, 0.717) is 19.4 Å². The number of esters is 1. The Labute approximate surface area is 211 Å². The summed E-state index contributed by atoms with van der Waals surface area (Å²) >= 11 is 0.972. The number of amides is 2. The largest absolute Gasteiger partial charge is 0.493 e. The number of imide groups is 1. The van der Waals surface area contributed by atoms with Crippen LogP contribution in [0.25, 0.3) is 0 Å². The fourth-order valence-corrected chi connectivity index (χ4v) is 4.83. The van der Waals surface area contributed by atoms with Crippen LogP contribution in [0.1, 0.15) is 57.4 Å². The molecule has 2 aromatic rings. The van der Waals surface area contributed by atoms with E-state index in [1.807, 2.05) is 43.5 Å². The van der Waals surface area contributed by atoms with Gasteiger partial charge in [0.1, 0.15) is 5.75 Å². The van der Waals surface area contributed by atoms with Gasteiger partial charge in [-0.2, -0.15) is 0 Å². The van der Waals surface area contributed by atoms with Gasteiger partial charge in [0.15, 0.2) is 6.73 Å². The molecule has 2 heterocycles. The minimum absolute atomic E-state index is 0.331. The molecule has 1 saturated heterocycles. The van der Waals surface area contributed by atoms with Crippen LogP contribution < -0.4 is 4.74 Å². The molecule has 35 heavy (non-hydrogen) atoms. The van der Waals surface area contributed by atoms with Crippen LogP contribution in [0.15, 0.2) is 42.6 Å². The number of benzene rings is 1. The van der Waals surface area contributed by atoms with Crippen LogP contribution >= 0.6 is 11.8 Å². The highest BCUT2D eigenvalue weighted by Gasteiger charge is 2.41. The van der Waals surface area contributed by atoms with Crippen LogP contribution in [0.3, 0.4) is 0 Å². The normalized spacial score (nSPS) is 16.0. The molecule has 0 aliphatic carbocycles. The highest BCUT2D eigenvalue weighted by atomic mass is 32.2. The second kappa shape index (κ2) is 12.2. The number of rotatable bonds is 12. The molecule has 0 bridgehead atoms. The molecule has 1 atom stereocenters. The van der Waals surface area contributed by atoms with Gasteiger partial charge in [0, 0.05) is 18.3 Å². The van der Waals surface area contributed by atoms with Crippen molar-refractivity contribution in [1.82, 2.24) is 9.88 Å². The van der Waals surface area contributed by atoms with Crippen LogP contribution in [-0.4, -0.2) is 45.6 Å². The molecule has 7 nitrogen and oxygen atoms in total. The molecule has 2 amide bonds. The first-order chi connectivity index (χ1) is 16.7. The van der Waals surface area contributed by atoms with E-state index in [4.69, 9.17) is 9.47 Å². The van der Waals surface area contributed by atoms with Crippen molar-refractivity contribution in [1.29, 1.82) is 0 Å². The summed E-state index contributed by atoms with van der Waals surface area (Å²) in [5.41, 5.74) is 2.48. The molecule has 0 spiro atoms. The maximum Gasteiger partial charge on any atom is 0.313 e. The zero-order chi connectivity index (χ0) is 25.4. The Morgan fingerprint density at radius 2 is 1.80 bits per heavy atom. The van der Waals surface area contributed by atoms with Gasteiger partial charge in [-0.1, -0.05) is 50.2 Å². The van der Waals surface area contributed by atoms with Crippen molar-refractivity contribution in [2.75, 3.05) is 13.3 Å². The molecular weight excluding hydrogens is 464 g/mol. The smallest absolute Gasteiger partial charge is 0.313 e. The van der Waals surface area contributed by atoms with Gasteiger partial charge >= 0.3 is 5.97 Å². The summed E-state index contributed by atoms with van der Waals surface area (Å²) in [6.07, 6.45) is 5.52. The zero-order valence-corrected chi connectivity index (χ0v) is 21.7. The van der Waals surface area contributed by atoms with Crippen molar-refractivity contribution >= 4 is 28.9 Å². The SMILES string of the molecule is CCCC(C)(C)C(=O)OCN1C(=O)SC(Cc2ccc(OCCc3ccc(CC)cn3)cc2)C1=O. The Morgan fingerprint density at radius 1 is 1.09 bits per heavy atom. The van der Waals surface area contributed by atoms with Gasteiger partial charge in [0.05, 0.1) is 17.3 Å². The number of pyridine rings is 1. The van der Waals surface area contributed by atoms with E-state index >= 15 is 0 Å². The van der Waals surface area contributed by atoms with Crippen molar-refractivity contribution in [3.8, 4) is 5.75 Å². The van der Waals surface area contributed by atoms with Crippen LogP contribution in [0.4, 0.5) is 4.79 Å². The first-order valence-corrected chi connectivity index (χ1v) is 13.0. The third kappa shape index (κ3) is 7.31. The van der Waals surface area contributed by atoms with E-state index in [-0.39, 0.29) is 17.9 Å². The van der Waals surface area contributed by atoms with E-state index in [9.17, 15) is 14.4 Å². The monoisotopic (exact) mass is 498 g/mol. The summed E-state index contributed by atoms with van der Waals surface area (Å²) in [7, 11) is 0. The minimum Gasteiger partial charge on any atom is -0.493 e. The lowest BCUT2D eigenvalue weighted by Crippen LogP contribution is -2.37. The van der Waals surface area contributed by atoms with Gasteiger partial charge in [-0.25, -0.2) is 4.90 Å². The number of aromatic nitrogens is 1. The van der Waals surface area contributed by atoms with Crippen LogP contribution in [-0.2, 0) is 33.6 Å². The lowest BCUT2D eigenvalue weighted by molar-refractivity contribution is -0.159. The topological polar surface area (TPSA) is 85.8 Å². The number of hydrogen-bond acceptors (Lipinski definition) is 7. The molecule has 1 aliphatic rings. The summed E-state index contributed by atoms with van der Waals surface area (Å²) in [4.78, 5) is 42.9. The van der Waals surface area contributed by atoms with E-state index in [2.05, 4.69) is 18.0 Å². The molecule has 1 fully saturated rings. The third-order valence-electron chi connectivity index (χ3n) is 6.02. The van der Waals surface area contributed by atoms with Crippen LogP contribution in [0.5, 0.6) is 5.75 Å². The molecular formula is C27H34N2O5S. The molecule has 1 unspecified atom stereocenters. The van der Waals surface area contributed by atoms with Crippen molar-refractivity contribution < 1.29 is 23.9 Å². The molecule has 0 radical (unpaired) electrons. The van der Waals surface area contributed by atoms with E-state index < -0.39 is 16.6 Å². The Morgan fingerprint density at radius 3 is 2.43 bits per heavy atom. The molecule has 1 aromatic heterocycles.